The number of hydrogen-bond acceptors (Lipinski definition) is 3. The van der Waals surface area contributed by atoms with Crippen molar-refractivity contribution in [1.82, 2.24) is 9.55 Å². The van der Waals surface area contributed by atoms with Gasteiger partial charge in [-0.2, -0.15) is 0 Å². The van der Waals surface area contributed by atoms with Gasteiger partial charge in [0, 0.05) is 29.2 Å². The van der Waals surface area contributed by atoms with Gasteiger partial charge in [0.05, 0.1) is 11.7 Å². The highest BCUT2D eigenvalue weighted by molar-refractivity contribution is 9.10. The minimum Gasteiger partial charge on any atom is -0.391 e. The summed E-state index contributed by atoms with van der Waals surface area (Å²) >= 11 is 3.40. The Labute approximate surface area is 94.0 Å². The van der Waals surface area contributed by atoms with E-state index >= 15 is 0 Å². The maximum absolute atomic E-state index is 10.5. The fourth-order valence-electron chi connectivity index (χ4n) is 1.37. The van der Waals surface area contributed by atoms with E-state index in [0.29, 0.717) is 0 Å². The molecule has 0 radical (unpaired) electrons. The number of primary amides is 1. The molecule has 0 aromatic carbocycles. The van der Waals surface area contributed by atoms with E-state index in [1.165, 1.54) is 0 Å². The molecule has 6 heteroatoms. The van der Waals surface area contributed by atoms with Gasteiger partial charge < -0.3 is 15.0 Å². The van der Waals surface area contributed by atoms with Crippen LogP contribution in [0.2, 0.25) is 0 Å². The van der Waals surface area contributed by atoms with Crippen LogP contribution in [0, 0.1) is 0 Å². The molecular weight excluding hydrogens is 262 g/mol. The number of carbonyl (C=O) groups is 1. The summed E-state index contributed by atoms with van der Waals surface area (Å²) in [6, 6.07) is 1.66. The van der Waals surface area contributed by atoms with Crippen molar-refractivity contribution in [3.05, 3.63) is 22.9 Å². The van der Waals surface area contributed by atoms with Gasteiger partial charge in [-0.25, -0.2) is 9.78 Å². The molecule has 2 aromatic rings. The Morgan fingerprint density at radius 3 is 3.07 bits per heavy atom. The minimum absolute atomic E-state index is 0.196. The first-order chi connectivity index (χ1) is 7.08. The quantitative estimate of drug-likeness (QED) is 0.858. The summed E-state index contributed by atoms with van der Waals surface area (Å²) in [6.45, 7) is 0. The molecule has 0 aliphatic rings. The zero-order valence-corrected chi connectivity index (χ0v) is 9.48. The van der Waals surface area contributed by atoms with Crippen molar-refractivity contribution in [2.24, 2.45) is 12.8 Å². The van der Waals surface area contributed by atoms with Crippen LogP contribution in [0.5, 0.6) is 5.88 Å². The Balaban J connectivity index is 2.55. The SMILES string of the molecule is Cn1cc(Br)c2cc(OC(N)=O)ncc21. The summed E-state index contributed by atoms with van der Waals surface area (Å²) in [5, 5.41) is 0.920. The van der Waals surface area contributed by atoms with E-state index in [0.717, 1.165) is 15.4 Å². The predicted octanol–water partition coefficient (Wildman–Crippen LogP) is 1.79. The van der Waals surface area contributed by atoms with E-state index in [-0.39, 0.29) is 5.88 Å². The number of nitrogens with zero attached hydrogens (tertiary/aromatic N) is 2. The van der Waals surface area contributed by atoms with Crippen molar-refractivity contribution in [2.75, 3.05) is 0 Å². The summed E-state index contributed by atoms with van der Waals surface area (Å²) in [5.74, 6) is 0.196. The molecule has 5 nitrogen and oxygen atoms in total. The van der Waals surface area contributed by atoms with Crippen LogP contribution in [0.25, 0.3) is 10.9 Å². The van der Waals surface area contributed by atoms with Crippen LogP contribution in [-0.2, 0) is 7.05 Å². The lowest BCUT2D eigenvalue weighted by Crippen LogP contribution is -2.16. The summed E-state index contributed by atoms with van der Waals surface area (Å²) in [4.78, 5) is 14.5. The Morgan fingerprint density at radius 1 is 1.67 bits per heavy atom. The van der Waals surface area contributed by atoms with Gasteiger partial charge in [0.1, 0.15) is 0 Å². The molecule has 15 heavy (non-hydrogen) atoms. The molecule has 2 rings (SSSR count). The number of aryl methyl sites for hydroxylation is 1. The van der Waals surface area contributed by atoms with Gasteiger partial charge >= 0.3 is 6.09 Å². The maximum Gasteiger partial charge on any atom is 0.411 e. The van der Waals surface area contributed by atoms with Gasteiger partial charge in [-0.1, -0.05) is 0 Å². The number of halogens is 1. The van der Waals surface area contributed by atoms with Gasteiger partial charge in [-0.05, 0) is 15.9 Å². The third-order valence-electron chi connectivity index (χ3n) is 2.01. The van der Waals surface area contributed by atoms with Crippen molar-refractivity contribution in [1.29, 1.82) is 0 Å². The molecule has 0 bridgehead atoms. The van der Waals surface area contributed by atoms with E-state index in [1.807, 2.05) is 17.8 Å². The second-order valence-electron chi connectivity index (χ2n) is 3.05. The third-order valence-corrected chi connectivity index (χ3v) is 2.64. The highest BCUT2D eigenvalue weighted by Gasteiger charge is 2.07. The number of nitrogens with two attached hydrogens (primary N) is 1. The first-order valence-corrected chi connectivity index (χ1v) is 4.95. The van der Waals surface area contributed by atoms with Crippen LogP contribution in [-0.4, -0.2) is 15.6 Å². The van der Waals surface area contributed by atoms with Crippen LogP contribution in [0.3, 0.4) is 0 Å². The Kier molecular flexibility index (Phi) is 2.36. The largest absolute Gasteiger partial charge is 0.411 e. The molecule has 0 fully saturated rings. The lowest BCUT2D eigenvalue weighted by molar-refractivity contribution is 0.209. The molecule has 0 saturated heterocycles. The zero-order valence-electron chi connectivity index (χ0n) is 7.90. The summed E-state index contributed by atoms with van der Waals surface area (Å²) in [7, 11) is 1.91. The lowest BCUT2D eigenvalue weighted by Gasteiger charge is -2.00. The van der Waals surface area contributed by atoms with Crippen LogP contribution in [0.1, 0.15) is 0 Å². The smallest absolute Gasteiger partial charge is 0.391 e. The van der Waals surface area contributed by atoms with Gasteiger partial charge in [-0.3, -0.25) is 0 Å². The Hall–Kier alpha value is -1.56. The van der Waals surface area contributed by atoms with Gasteiger partial charge in [0.25, 0.3) is 0 Å². The van der Waals surface area contributed by atoms with E-state index in [2.05, 4.69) is 25.7 Å². The fraction of sp³-hybridized carbons (Fsp3) is 0.111. The number of aromatic nitrogens is 2. The second kappa shape index (κ2) is 3.54. The maximum atomic E-state index is 10.5. The number of carbonyl (C=O) groups excluding carboxylic acids is 1. The summed E-state index contributed by atoms with van der Waals surface area (Å²) in [5.41, 5.74) is 5.84. The van der Waals surface area contributed by atoms with Crippen molar-refractivity contribution in [3.63, 3.8) is 0 Å². The van der Waals surface area contributed by atoms with E-state index in [4.69, 9.17) is 5.73 Å². The van der Waals surface area contributed by atoms with Crippen LogP contribution >= 0.6 is 15.9 Å². The van der Waals surface area contributed by atoms with Crippen molar-refractivity contribution in [3.8, 4) is 5.88 Å². The molecule has 1 amide bonds. The Bertz CT molecular complexity index is 535. The number of pyridine rings is 1. The summed E-state index contributed by atoms with van der Waals surface area (Å²) in [6.07, 6.45) is 2.66. The summed E-state index contributed by atoms with van der Waals surface area (Å²) < 4.78 is 7.51. The number of amides is 1. The third kappa shape index (κ3) is 1.80. The average Bonchev–Trinajstić information content (AvgIpc) is 2.41. The molecule has 0 atom stereocenters. The lowest BCUT2D eigenvalue weighted by atomic mass is 10.3. The normalized spacial score (nSPS) is 10.5. The standard InChI is InChI=1S/C9H8BrN3O2/c1-13-4-6(10)5-2-8(15-9(11)14)12-3-7(5)13/h2-4H,1H3,(H2,11,14). The van der Waals surface area contributed by atoms with Gasteiger partial charge in [0.15, 0.2) is 0 Å². The molecule has 2 aromatic heterocycles. The first-order valence-electron chi connectivity index (χ1n) is 4.16. The molecule has 0 aliphatic carbocycles. The minimum atomic E-state index is -0.867. The highest BCUT2D eigenvalue weighted by atomic mass is 79.9. The molecule has 2 N–H and O–H groups in total. The van der Waals surface area contributed by atoms with Gasteiger partial charge in [0.2, 0.25) is 5.88 Å². The van der Waals surface area contributed by atoms with Gasteiger partial charge in [-0.15, -0.1) is 0 Å². The average molecular weight is 270 g/mol. The van der Waals surface area contributed by atoms with E-state index in [1.54, 1.807) is 12.3 Å². The molecule has 0 saturated carbocycles. The molecule has 0 unspecified atom stereocenters. The molecule has 0 aliphatic heterocycles. The van der Waals surface area contributed by atoms with Crippen LogP contribution in [0.4, 0.5) is 4.79 Å². The predicted molar refractivity (Wildman–Crippen MR) is 58.6 cm³/mol. The van der Waals surface area contributed by atoms with Crippen LogP contribution < -0.4 is 10.5 Å². The number of fused-ring (bicyclic) bond motifs is 1. The van der Waals surface area contributed by atoms with Crippen molar-refractivity contribution >= 4 is 32.9 Å². The molecular formula is C9H8BrN3O2. The second-order valence-corrected chi connectivity index (χ2v) is 3.90. The monoisotopic (exact) mass is 269 g/mol. The Morgan fingerprint density at radius 2 is 2.40 bits per heavy atom. The number of rotatable bonds is 1. The fourth-order valence-corrected chi connectivity index (χ4v) is 1.99. The molecule has 2 heterocycles. The molecule has 78 valence electrons. The zero-order chi connectivity index (χ0) is 11.0. The van der Waals surface area contributed by atoms with E-state index < -0.39 is 6.09 Å². The van der Waals surface area contributed by atoms with Crippen LogP contribution in [0.15, 0.2) is 22.9 Å². The highest BCUT2D eigenvalue weighted by Crippen LogP contribution is 2.27. The number of hydrogen-bond donors (Lipinski definition) is 1. The van der Waals surface area contributed by atoms with E-state index in [9.17, 15) is 4.79 Å². The topological polar surface area (TPSA) is 70.1 Å². The van der Waals surface area contributed by atoms with Crippen molar-refractivity contribution < 1.29 is 9.53 Å². The molecule has 0 spiro atoms. The number of ether oxygens (including phenoxy) is 1. The first kappa shape index (κ1) is 9.97. The van der Waals surface area contributed by atoms with Crippen molar-refractivity contribution in [2.45, 2.75) is 0 Å².